The third-order valence-corrected chi connectivity index (χ3v) is 12.2. The lowest BCUT2D eigenvalue weighted by Gasteiger charge is -2.38. The Balaban J connectivity index is 2.38. The molecular formula is C39H65N5O10Si. The number of aromatic nitrogens is 3. The van der Waals surface area contributed by atoms with E-state index < -0.39 is 61.1 Å². The minimum Gasteiger partial charge on any atom is -0.489 e. The molecule has 0 saturated heterocycles. The zero-order chi connectivity index (χ0) is 42.4. The summed E-state index contributed by atoms with van der Waals surface area (Å²) in [6.45, 7) is 31.3. The van der Waals surface area contributed by atoms with Crippen molar-refractivity contribution in [1.29, 1.82) is 0 Å². The van der Waals surface area contributed by atoms with E-state index in [1.54, 1.807) is 106 Å². The number of pyridine rings is 1. The monoisotopic (exact) mass is 791 g/mol. The Bertz CT molecular complexity index is 1580. The first-order chi connectivity index (χ1) is 24.8. The molecule has 0 radical (unpaired) electrons. The van der Waals surface area contributed by atoms with E-state index in [2.05, 4.69) is 30.7 Å². The normalized spacial score (nSPS) is 13.4. The second-order valence-electron chi connectivity index (χ2n) is 18.8. The topological polar surface area (TPSA) is 161 Å². The van der Waals surface area contributed by atoms with Gasteiger partial charge in [-0.2, -0.15) is 4.90 Å². The molecule has 0 fully saturated rings. The molecular weight excluding hydrogens is 727 g/mol. The molecule has 16 heteroatoms. The van der Waals surface area contributed by atoms with Crippen LogP contribution in [-0.4, -0.2) is 93.7 Å². The molecule has 0 aliphatic carbocycles. The molecule has 0 aromatic carbocycles. The fourth-order valence-corrected chi connectivity index (χ4v) is 5.60. The molecule has 1 unspecified atom stereocenters. The summed E-state index contributed by atoms with van der Waals surface area (Å²) in [5, 5.41) is -0.164. The molecule has 0 aliphatic heterocycles. The van der Waals surface area contributed by atoms with Crippen molar-refractivity contribution in [2.45, 2.75) is 163 Å². The third-order valence-electron chi connectivity index (χ3n) is 7.74. The van der Waals surface area contributed by atoms with Crippen molar-refractivity contribution in [3.8, 4) is 5.75 Å². The fraction of sp³-hybridized carbons (Fsp3) is 0.692. The van der Waals surface area contributed by atoms with Crippen molar-refractivity contribution in [2.75, 3.05) is 18.1 Å². The molecule has 2 rings (SSSR count). The lowest BCUT2D eigenvalue weighted by molar-refractivity contribution is -0.165. The van der Waals surface area contributed by atoms with E-state index >= 15 is 0 Å². The summed E-state index contributed by atoms with van der Waals surface area (Å²) < 4.78 is 36.5. The molecule has 310 valence electrons. The molecule has 0 aliphatic rings. The first kappa shape index (κ1) is 47.0. The number of hydrogen-bond acceptors (Lipinski definition) is 12. The van der Waals surface area contributed by atoms with Gasteiger partial charge in [0.2, 0.25) is 5.95 Å². The second-order valence-corrected chi connectivity index (χ2v) is 23.5. The zero-order valence-electron chi connectivity index (χ0n) is 36.1. The maximum Gasteiger partial charge on any atom is 0.423 e. The number of rotatable bonds is 12. The van der Waals surface area contributed by atoms with Crippen molar-refractivity contribution in [3.05, 3.63) is 30.7 Å². The van der Waals surface area contributed by atoms with E-state index in [0.717, 1.165) is 4.90 Å². The van der Waals surface area contributed by atoms with Crippen LogP contribution >= 0.6 is 0 Å². The van der Waals surface area contributed by atoms with Crippen LogP contribution in [0.5, 0.6) is 5.75 Å². The molecule has 0 spiro atoms. The number of ether oxygens (including phenoxy) is 5. The number of nitrogens with zero attached hydrogens (tertiary/aromatic N) is 5. The predicted molar refractivity (Wildman–Crippen MR) is 212 cm³/mol. The van der Waals surface area contributed by atoms with Crippen LogP contribution in [0.4, 0.5) is 26.1 Å². The van der Waals surface area contributed by atoms with Gasteiger partial charge in [0, 0.05) is 25.5 Å². The van der Waals surface area contributed by atoms with Crippen molar-refractivity contribution in [2.24, 2.45) is 0 Å². The molecule has 2 aromatic rings. The largest absolute Gasteiger partial charge is 0.489 e. The first-order valence-electron chi connectivity index (χ1n) is 18.6. The molecule has 0 bridgehead atoms. The van der Waals surface area contributed by atoms with E-state index in [4.69, 9.17) is 28.1 Å². The zero-order valence-corrected chi connectivity index (χ0v) is 37.1. The van der Waals surface area contributed by atoms with Crippen LogP contribution in [0.3, 0.4) is 0 Å². The average Bonchev–Trinajstić information content (AvgIpc) is 3.41. The Hall–Kier alpha value is -4.18. The Morgan fingerprint density at radius 2 is 1.24 bits per heavy atom. The van der Waals surface area contributed by atoms with Crippen LogP contribution in [-0.2, 0) is 34.7 Å². The number of imidazole rings is 1. The van der Waals surface area contributed by atoms with Gasteiger partial charge in [0.15, 0.2) is 14.4 Å². The van der Waals surface area contributed by atoms with Gasteiger partial charge in [0.05, 0.1) is 6.20 Å². The summed E-state index contributed by atoms with van der Waals surface area (Å²) in [5.41, 5.74) is -3.25. The highest BCUT2D eigenvalue weighted by Gasteiger charge is 2.42. The summed E-state index contributed by atoms with van der Waals surface area (Å²) in [6.07, 6.45) is 1.48. The number of aryl methyl sites for hydroxylation is 1. The van der Waals surface area contributed by atoms with Crippen molar-refractivity contribution in [3.63, 3.8) is 0 Å². The van der Waals surface area contributed by atoms with Gasteiger partial charge in [-0.1, -0.05) is 20.8 Å². The summed E-state index contributed by atoms with van der Waals surface area (Å²) >= 11 is 0. The fourth-order valence-electron chi connectivity index (χ4n) is 4.37. The maximum absolute atomic E-state index is 13.7. The van der Waals surface area contributed by atoms with Crippen LogP contribution in [0.25, 0.3) is 0 Å². The minimum atomic E-state index is -2.40. The summed E-state index contributed by atoms with van der Waals surface area (Å²) in [4.78, 5) is 64.1. The highest BCUT2D eigenvalue weighted by Crippen LogP contribution is 2.38. The molecule has 0 N–H and O–H groups in total. The number of imide groups is 1. The van der Waals surface area contributed by atoms with E-state index in [0.29, 0.717) is 5.75 Å². The lowest BCUT2D eigenvalue weighted by Crippen LogP contribution is -2.49. The number of anilines is 2. The summed E-state index contributed by atoms with van der Waals surface area (Å²) in [6, 6.07) is 3.19. The van der Waals surface area contributed by atoms with E-state index in [9.17, 15) is 19.2 Å². The Kier molecular flexibility index (Phi) is 15.1. The highest BCUT2D eigenvalue weighted by atomic mass is 28.4. The van der Waals surface area contributed by atoms with E-state index in [1.807, 2.05) is 13.1 Å². The van der Waals surface area contributed by atoms with Crippen LogP contribution in [0, 0.1) is 0 Å². The Morgan fingerprint density at radius 3 is 1.69 bits per heavy atom. The second kappa shape index (κ2) is 17.7. The number of esters is 1. The van der Waals surface area contributed by atoms with Crippen LogP contribution < -0.4 is 9.64 Å². The molecule has 55 heavy (non-hydrogen) atoms. The van der Waals surface area contributed by atoms with Gasteiger partial charge >= 0.3 is 24.2 Å². The van der Waals surface area contributed by atoms with Gasteiger partial charge in [-0.05, 0) is 120 Å². The molecule has 1 atom stereocenters. The van der Waals surface area contributed by atoms with Crippen molar-refractivity contribution in [1.82, 2.24) is 19.4 Å². The van der Waals surface area contributed by atoms with Crippen LogP contribution in [0.2, 0.25) is 18.1 Å². The smallest absolute Gasteiger partial charge is 0.423 e. The van der Waals surface area contributed by atoms with E-state index in [-0.39, 0.29) is 42.9 Å². The lowest BCUT2D eigenvalue weighted by atomic mass is 10.2. The number of amides is 3. The molecule has 3 amide bonds. The van der Waals surface area contributed by atoms with Gasteiger partial charge in [-0.15, -0.1) is 0 Å². The Labute approximate surface area is 328 Å². The van der Waals surface area contributed by atoms with Crippen molar-refractivity contribution >= 4 is 44.3 Å². The quantitative estimate of drug-likeness (QED) is 0.114. The van der Waals surface area contributed by atoms with Crippen LogP contribution in [0.1, 0.15) is 110 Å². The maximum atomic E-state index is 13.7. The van der Waals surface area contributed by atoms with E-state index in [1.165, 1.54) is 17.3 Å². The molecule has 2 aromatic heterocycles. The first-order valence-corrected chi connectivity index (χ1v) is 21.5. The predicted octanol–water partition coefficient (Wildman–Crippen LogP) is 9.02. The van der Waals surface area contributed by atoms with Gasteiger partial charge in [-0.3, -0.25) is 0 Å². The van der Waals surface area contributed by atoms with Gasteiger partial charge < -0.3 is 32.7 Å². The van der Waals surface area contributed by atoms with Crippen LogP contribution in [0.15, 0.2) is 30.7 Å². The standard InChI is InChI=1S/C39H65N5O10Si/c1-35(2,3)50-30(45)28(54-55(16,17)39(13,14)15)26-49-27-19-20-29(41-25-27)44(34(48)53-38(10,11)12)31-40-21-24-42(31)22-18-23-43(32(46)51-36(4,5)6)33(47)52-37(7,8)9/h19-21,24-25,28H,18,22-23,26H2,1-17H3. The number of carbonyl (C=O) groups is 4. The third kappa shape index (κ3) is 15.8. The molecule has 0 saturated carbocycles. The summed E-state index contributed by atoms with van der Waals surface area (Å²) in [5.74, 6) is 0.168. The number of hydrogen-bond donors (Lipinski definition) is 0. The Morgan fingerprint density at radius 1 is 0.727 bits per heavy atom. The van der Waals surface area contributed by atoms with Gasteiger partial charge in [0.1, 0.15) is 40.6 Å². The highest BCUT2D eigenvalue weighted by molar-refractivity contribution is 6.74. The van der Waals surface area contributed by atoms with Gasteiger partial charge in [-0.25, -0.2) is 34.0 Å². The van der Waals surface area contributed by atoms with Crippen molar-refractivity contribution < 1.29 is 47.3 Å². The molecule has 15 nitrogen and oxygen atoms in total. The molecule has 2 heterocycles. The average molecular weight is 792 g/mol. The van der Waals surface area contributed by atoms with Gasteiger partial charge in [0.25, 0.3) is 0 Å². The minimum absolute atomic E-state index is 0.0401. The number of carbonyl (C=O) groups excluding carboxylic acids is 4. The summed E-state index contributed by atoms with van der Waals surface area (Å²) in [7, 11) is -2.40. The SMILES string of the molecule is CC(C)(C)OC(=O)C(COc1ccc(N(C(=O)OC(C)(C)C)c2nccn2CCCN(C(=O)OC(C)(C)C)C(=O)OC(C)(C)C)nc1)O[Si](C)(C)C(C)(C)C.